The molecule has 0 saturated heterocycles. The van der Waals surface area contributed by atoms with E-state index in [4.69, 9.17) is 0 Å². The largest absolute Gasteiger partial charge is 4.00 e. The van der Waals surface area contributed by atoms with Crippen LogP contribution in [0.4, 0.5) is 0 Å². The molecule has 0 nitrogen and oxygen atoms in total. The molecular formula is H2FeS3. The predicted octanol–water partition coefficient (Wildman–Crippen LogP) is 0.106. The molecule has 28 valence electrons. The Morgan fingerprint density at radius 2 is 0.750 bits per heavy atom. The molecule has 0 spiro atoms. The van der Waals surface area contributed by atoms with Gasteiger partial charge in [-0.25, -0.2) is 0 Å². The van der Waals surface area contributed by atoms with Gasteiger partial charge in [-0.15, -0.1) is 0 Å². The maximum atomic E-state index is 0. The molecule has 0 saturated carbocycles. The van der Waals surface area contributed by atoms with Crippen molar-refractivity contribution < 1.29 is 17.1 Å². The molecule has 0 aliphatic rings. The summed E-state index contributed by atoms with van der Waals surface area (Å²) in [4.78, 5) is 0. The molecule has 4 heteroatoms. The van der Waals surface area contributed by atoms with Crippen LogP contribution in [0.5, 0.6) is 0 Å². The maximum Gasteiger partial charge on any atom is 4.00 e. The Kier molecular flexibility index (Phi) is 279. The zero-order valence-corrected chi connectivity index (χ0v) is 5.41. The van der Waals surface area contributed by atoms with Gasteiger partial charge >= 0.3 is 17.1 Å². The summed E-state index contributed by atoms with van der Waals surface area (Å²) in [5.41, 5.74) is 0. The Hall–Kier alpha value is 1.57. The van der Waals surface area contributed by atoms with E-state index in [-0.39, 0.29) is 57.6 Å². The van der Waals surface area contributed by atoms with Crippen LogP contribution in [0.15, 0.2) is 0 Å². The number of rotatable bonds is 0. The van der Waals surface area contributed by atoms with E-state index in [0.717, 1.165) is 0 Å². The molecule has 0 amide bonds. The molecule has 0 N–H and O–H groups in total. The summed E-state index contributed by atoms with van der Waals surface area (Å²) >= 11 is 0. The fraction of sp³-hybridized carbons (Fsp3) is 0. The molecule has 0 aliphatic carbocycles. The van der Waals surface area contributed by atoms with Gasteiger partial charge < -0.3 is 27.0 Å². The third-order valence-corrected chi connectivity index (χ3v) is 0. The van der Waals surface area contributed by atoms with Gasteiger partial charge in [0, 0.05) is 0 Å². The van der Waals surface area contributed by atoms with Gasteiger partial charge in [-0.2, -0.15) is 13.5 Å². The van der Waals surface area contributed by atoms with Gasteiger partial charge in [0.05, 0.1) is 0 Å². The van der Waals surface area contributed by atoms with Crippen LogP contribution in [-0.4, -0.2) is 0 Å². The van der Waals surface area contributed by atoms with Crippen LogP contribution in [-0.2, 0) is 44.1 Å². The van der Waals surface area contributed by atoms with E-state index < -0.39 is 0 Å². The molecule has 0 atom stereocenters. The van der Waals surface area contributed by atoms with E-state index >= 15 is 0 Å². The van der Waals surface area contributed by atoms with Gasteiger partial charge in [0.2, 0.25) is 0 Å². The van der Waals surface area contributed by atoms with Crippen molar-refractivity contribution >= 4 is 40.5 Å². The monoisotopic (exact) mass is 154 g/mol. The molecule has 0 heterocycles. The summed E-state index contributed by atoms with van der Waals surface area (Å²) < 4.78 is 0. The van der Waals surface area contributed by atoms with Crippen molar-refractivity contribution in [3.8, 4) is 0 Å². The first kappa shape index (κ1) is 47.2. The molecule has 4 heavy (non-hydrogen) atoms. The molecule has 0 aromatic heterocycles. The van der Waals surface area contributed by atoms with Crippen molar-refractivity contribution in [2.75, 3.05) is 0 Å². The molecule has 0 fully saturated rings. The Labute approximate surface area is 57.5 Å². The van der Waals surface area contributed by atoms with Crippen LogP contribution >= 0.6 is 13.5 Å². The zero-order valence-electron chi connectivity index (χ0n) is 1.67. The van der Waals surface area contributed by atoms with Crippen LogP contribution in [0.1, 0.15) is 0 Å². The standard InChI is InChI=1S/Fe.H2S.2S/h;1H2;;/q+4;;2*-2. The fourth-order valence-electron chi connectivity index (χ4n) is 0. The van der Waals surface area contributed by atoms with Crippen molar-refractivity contribution in [3.63, 3.8) is 0 Å². The van der Waals surface area contributed by atoms with Crippen LogP contribution in [0.25, 0.3) is 0 Å². The summed E-state index contributed by atoms with van der Waals surface area (Å²) in [6, 6.07) is 0. The van der Waals surface area contributed by atoms with Gasteiger partial charge in [-0.3, -0.25) is 0 Å². The maximum absolute atomic E-state index is 0. The van der Waals surface area contributed by atoms with Gasteiger partial charge in [0.25, 0.3) is 0 Å². The second kappa shape index (κ2) is 23.6. The number of hydrogen-bond acceptors (Lipinski definition) is 0. The quantitative estimate of drug-likeness (QED) is 0.434. The van der Waals surface area contributed by atoms with Crippen LogP contribution in [0.3, 0.4) is 0 Å². The van der Waals surface area contributed by atoms with Crippen molar-refractivity contribution in [1.29, 1.82) is 0 Å². The SMILES string of the molecule is S.[Fe+4].[S-2].[S-2]. The summed E-state index contributed by atoms with van der Waals surface area (Å²) in [7, 11) is 0. The summed E-state index contributed by atoms with van der Waals surface area (Å²) in [6.07, 6.45) is 0. The zero-order chi connectivity index (χ0) is 0. The van der Waals surface area contributed by atoms with Gasteiger partial charge in [0.15, 0.2) is 0 Å². The average Bonchev–Trinajstić information content (AvgIpc) is 0. The third kappa shape index (κ3) is 9.57. The first-order valence-corrected chi connectivity index (χ1v) is 0. The van der Waals surface area contributed by atoms with Crippen LogP contribution in [0.2, 0.25) is 0 Å². The first-order chi connectivity index (χ1) is 0. The van der Waals surface area contributed by atoms with E-state index in [0.29, 0.717) is 0 Å². The summed E-state index contributed by atoms with van der Waals surface area (Å²) in [6.45, 7) is 0. The molecule has 0 unspecified atom stereocenters. The van der Waals surface area contributed by atoms with Gasteiger partial charge in [-0.05, 0) is 0 Å². The summed E-state index contributed by atoms with van der Waals surface area (Å²) in [5.74, 6) is 0. The summed E-state index contributed by atoms with van der Waals surface area (Å²) in [5, 5.41) is 0. The molecule has 0 rings (SSSR count). The van der Waals surface area contributed by atoms with Gasteiger partial charge in [-0.1, -0.05) is 0 Å². The minimum absolute atomic E-state index is 0. The molecule has 0 aliphatic heterocycles. The minimum Gasteiger partial charge on any atom is -2.00 e. The minimum atomic E-state index is 0. The Morgan fingerprint density at radius 1 is 0.750 bits per heavy atom. The Bertz CT molecular complexity index is 3.25. The second-order valence-electron chi connectivity index (χ2n) is 0. The van der Waals surface area contributed by atoms with Crippen LogP contribution < -0.4 is 0 Å². The molecule has 0 aromatic rings. The fourth-order valence-corrected chi connectivity index (χ4v) is 0. The molecular weight excluding hydrogens is 152 g/mol. The van der Waals surface area contributed by atoms with E-state index in [1.165, 1.54) is 0 Å². The Morgan fingerprint density at radius 3 is 0.750 bits per heavy atom. The topological polar surface area (TPSA) is 0 Å². The van der Waals surface area contributed by atoms with E-state index in [9.17, 15) is 0 Å². The molecule has 0 radical (unpaired) electrons. The average molecular weight is 154 g/mol. The van der Waals surface area contributed by atoms with E-state index in [2.05, 4.69) is 0 Å². The first-order valence-electron chi connectivity index (χ1n) is 0. The second-order valence-corrected chi connectivity index (χ2v) is 0. The van der Waals surface area contributed by atoms with E-state index in [1.54, 1.807) is 0 Å². The van der Waals surface area contributed by atoms with Crippen molar-refractivity contribution in [2.24, 2.45) is 0 Å². The normalized spacial score (nSPS) is 0. The van der Waals surface area contributed by atoms with Gasteiger partial charge in [0.1, 0.15) is 0 Å². The van der Waals surface area contributed by atoms with E-state index in [1.807, 2.05) is 0 Å². The predicted molar refractivity (Wildman–Crippen MR) is 25.1 cm³/mol. The van der Waals surface area contributed by atoms with Crippen molar-refractivity contribution in [2.45, 2.75) is 0 Å². The van der Waals surface area contributed by atoms with Crippen molar-refractivity contribution in [1.82, 2.24) is 0 Å². The smallest absolute Gasteiger partial charge is 2.00 e. The molecule has 0 aromatic carbocycles. The molecule has 0 bridgehead atoms. The number of hydrogen-bond donors (Lipinski definition) is 0. The van der Waals surface area contributed by atoms with Crippen molar-refractivity contribution in [3.05, 3.63) is 0 Å². The third-order valence-electron chi connectivity index (χ3n) is 0. The van der Waals surface area contributed by atoms with Crippen LogP contribution in [0, 0.1) is 0 Å². The Balaban J connectivity index is 0.